The van der Waals surface area contributed by atoms with Crippen molar-refractivity contribution < 1.29 is 0 Å². The van der Waals surface area contributed by atoms with E-state index in [1.54, 1.807) is 0 Å². The zero-order valence-corrected chi connectivity index (χ0v) is 10.9. The van der Waals surface area contributed by atoms with Gasteiger partial charge in [0.15, 0.2) is 0 Å². The number of aromatic nitrogens is 4. The summed E-state index contributed by atoms with van der Waals surface area (Å²) in [7, 11) is 2.05. The minimum absolute atomic E-state index is 0.462. The van der Waals surface area contributed by atoms with Gasteiger partial charge in [0, 0.05) is 19.4 Å². The lowest BCUT2D eigenvalue weighted by Gasteiger charge is -2.23. The van der Waals surface area contributed by atoms with Crippen LogP contribution in [-0.4, -0.2) is 31.2 Å². The molecule has 0 aliphatic carbocycles. The molecule has 0 spiro atoms. The van der Waals surface area contributed by atoms with Crippen molar-refractivity contribution in [2.45, 2.75) is 32.4 Å². The molecule has 1 fully saturated rings. The molecule has 1 saturated heterocycles. The van der Waals surface area contributed by atoms with E-state index in [4.69, 9.17) is 0 Å². The summed E-state index contributed by atoms with van der Waals surface area (Å²) >= 11 is 0. The lowest BCUT2D eigenvalue weighted by molar-refractivity contribution is 0.235. The quantitative estimate of drug-likeness (QED) is 0.897. The molecule has 0 saturated carbocycles. The number of aryl methyl sites for hydroxylation is 2. The molecule has 3 rings (SSSR count). The second kappa shape index (κ2) is 4.57. The van der Waals surface area contributed by atoms with Crippen molar-refractivity contribution in [1.82, 2.24) is 24.6 Å². The van der Waals surface area contributed by atoms with Crippen LogP contribution in [0.15, 0.2) is 18.6 Å². The molecule has 1 N–H and O–H groups in total. The maximum Gasteiger partial charge on any atom is 0.122 e. The van der Waals surface area contributed by atoms with Gasteiger partial charge in [-0.1, -0.05) is 0 Å². The topological polar surface area (TPSA) is 49.7 Å². The number of nitrogens with one attached hydrogen (secondary N) is 1. The third kappa shape index (κ3) is 1.95. The molecule has 96 valence electrons. The Kier molecular flexibility index (Phi) is 2.91. The molecule has 0 bridgehead atoms. The fourth-order valence-electron chi connectivity index (χ4n) is 2.77. The van der Waals surface area contributed by atoms with Crippen LogP contribution in [-0.2, 0) is 13.6 Å². The fraction of sp³-hybridized carbons (Fsp3) is 0.538. The van der Waals surface area contributed by atoms with Gasteiger partial charge in [-0.3, -0.25) is 10.00 Å². The number of likely N-dealkylation sites (tertiary alicyclic amines) is 1. The highest BCUT2D eigenvalue weighted by atomic mass is 15.2. The molecule has 5 nitrogen and oxygen atoms in total. The van der Waals surface area contributed by atoms with Gasteiger partial charge in [0.2, 0.25) is 0 Å². The summed E-state index contributed by atoms with van der Waals surface area (Å²) in [4.78, 5) is 6.90. The Hall–Kier alpha value is -1.62. The van der Waals surface area contributed by atoms with Crippen LogP contribution >= 0.6 is 0 Å². The molecule has 5 heteroatoms. The Balaban J connectivity index is 1.80. The summed E-state index contributed by atoms with van der Waals surface area (Å²) in [6.45, 7) is 4.17. The van der Waals surface area contributed by atoms with Gasteiger partial charge in [0.25, 0.3) is 0 Å². The number of imidazole rings is 1. The summed E-state index contributed by atoms with van der Waals surface area (Å²) in [6.07, 6.45) is 8.22. The van der Waals surface area contributed by atoms with Gasteiger partial charge in [-0.25, -0.2) is 4.98 Å². The first-order valence-electron chi connectivity index (χ1n) is 6.46. The van der Waals surface area contributed by atoms with E-state index in [1.807, 2.05) is 18.6 Å². The summed E-state index contributed by atoms with van der Waals surface area (Å²) in [6, 6.07) is 0.462. The van der Waals surface area contributed by atoms with E-state index in [2.05, 4.69) is 38.6 Å². The smallest absolute Gasteiger partial charge is 0.122 e. The number of hydrogen-bond donors (Lipinski definition) is 1. The molecule has 2 aromatic rings. The molecular formula is C13H19N5. The van der Waals surface area contributed by atoms with Crippen molar-refractivity contribution in [3.63, 3.8) is 0 Å². The van der Waals surface area contributed by atoms with Gasteiger partial charge in [-0.05, 0) is 31.9 Å². The summed E-state index contributed by atoms with van der Waals surface area (Å²) in [5, 5.41) is 7.30. The van der Waals surface area contributed by atoms with E-state index in [0.717, 1.165) is 18.9 Å². The SMILES string of the molecule is Cc1cn[nH]c1C1CCCN1Cc1nccn1C. The summed E-state index contributed by atoms with van der Waals surface area (Å²) in [5.74, 6) is 1.12. The van der Waals surface area contributed by atoms with Gasteiger partial charge in [0.05, 0.1) is 24.5 Å². The van der Waals surface area contributed by atoms with Crippen molar-refractivity contribution in [3.05, 3.63) is 35.7 Å². The van der Waals surface area contributed by atoms with Gasteiger partial charge >= 0.3 is 0 Å². The van der Waals surface area contributed by atoms with Crippen molar-refractivity contribution in [2.75, 3.05) is 6.54 Å². The first kappa shape index (κ1) is 11.5. The predicted octanol–water partition coefficient (Wildman–Crippen LogP) is 1.79. The summed E-state index contributed by atoms with van der Waals surface area (Å²) in [5.41, 5.74) is 2.52. The Morgan fingerprint density at radius 2 is 2.39 bits per heavy atom. The van der Waals surface area contributed by atoms with Crippen LogP contribution in [0.3, 0.4) is 0 Å². The molecule has 1 unspecified atom stereocenters. The van der Waals surface area contributed by atoms with E-state index in [1.165, 1.54) is 24.1 Å². The number of nitrogens with zero attached hydrogens (tertiary/aromatic N) is 4. The zero-order valence-electron chi connectivity index (χ0n) is 10.9. The molecule has 1 aliphatic heterocycles. The van der Waals surface area contributed by atoms with E-state index in [9.17, 15) is 0 Å². The molecule has 0 aromatic carbocycles. The molecule has 18 heavy (non-hydrogen) atoms. The van der Waals surface area contributed by atoms with Gasteiger partial charge in [-0.2, -0.15) is 5.10 Å². The zero-order chi connectivity index (χ0) is 12.5. The molecule has 1 atom stereocenters. The Morgan fingerprint density at radius 3 is 3.06 bits per heavy atom. The number of rotatable bonds is 3. The second-order valence-electron chi connectivity index (χ2n) is 5.05. The van der Waals surface area contributed by atoms with Crippen molar-refractivity contribution in [2.24, 2.45) is 7.05 Å². The molecular weight excluding hydrogens is 226 g/mol. The minimum atomic E-state index is 0.462. The second-order valence-corrected chi connectivity index (χ2v) is 5.05. The van der Waals surface area contributed by atoms with Crippen LogP contribution < -0.4 is 0 Å². The highest BCUT2D eigenvalue weighted by molar-refractivity contribution is 5.19. The average molecular weight is 245 g/mol. The van der Waals surface area contributed by atoms with Gasteiger partial charge in [-0.15, -0.1) is 0 Å². The van der Waals surface area contributed by atoms with Crippen molar-refractivity contribution >= 4 is 0 Å². The maximum absolute atomic E-state index is 4.41. The van der Waals surface area contributed by atoms with Crippen molar-refractivity contribution in [1.29, 1.82) is 0 Å². The maximum atomic E-state index is 4.41. The highest BCUT2D eigenvalue weighted by Crippen LogP contribution is 2.33. The first-order valence-corrected chi connectivity index (χ1v) is 6.46. The minimum Gasteiger partial charge on any atom is -0.337 e. The van der Waals surface area contributed by atoms with Gasteiger partial charge in [0.1, 0.15) is 5.82 Å². The Labute approximate surface area is 107 Å². The van der Waals surface area contributed by atoms with E-state index >= 15 is 0 Å². The third-order valence-corrected chi connectivity index (χ3v) is 3.83. The van der Waals surface area contributed by atoms with Crippen molar-refractivity contribution in [3.8, 4) is 0 Å². The lowest BCUT2D eigenvalue weighted by atomic mass is 10.1. The number of hydrogen-bond acceptors (Lipinski definition) is 3. The van der Waals surface area contributed by atoms with E-state index in [0.29, 0.717) is 6.04 Å². The number of aromatic amines is 1. The van der Waals surface area contributed by atoms with Crippen LogP contribution in [0.4, 0.5) is 0 Å². The first-order chi connectivity index (χ1) is 8.75. The van der Waals surface area contributed by atoms with Crippen LogP contribution in [0.25, 0.3) is 0 Å². The predicted molar refractivity (Wildman–Crippen MR) is 68.9 cm³/mol. The third-order valence-electron chi connectivity index (χ3n) is 3.83. The lowest BCUT2D eigenvalue weighted by Crippen LogP contribution is -2.25. The molecule has 0 radical (unpaired) electrons. The average Bonchev–Trinajstić information content (AvgIpc) is 3.03. The molecule has 0 amide bonds. The van der Waals surface area contributed by atoms with Crippen LogP contribution in [0, 0.1) is 6.92 Å². The largest absolute Gasteiger partial charge is 0.337 e. The monoisotopic (exact) mass is 245 g/mol. The Bertz CT molecular complexity index is 527. The Morgan fingerprint density at radius 1 is 1.50 bits per heavy atom. The normalized spacial score (nSPS) is 20.7. The van der Waals surface area contributed by atoms with Crippen LogP contribution in [0.2, 0.25) is 0 Å². The van der Waals surface area contributed by atoms with Crippen LogP contribution in [0.5, 0.6) is 0 Å². The summed E-state index contributed by atoms with van der Waals surface area (Å²) < 4.78 is 2.09. The standard InChI is InChI=1S/C13H19N5/c1-10-8-15-16-13(10)11-4-3-6-18(11)9-12-14-5-7-17(12)2/h5,7-8,11H,3-4,6,9H2,1-2H3,(H,15,16). The number of H-pyrrole nitrogens is 1. The van der Waals surface area contributed by atoms with E-state index in [-0.39, 0.29) is 0 Å². The molecule has 2 aromatic heterocycles. The molecule has 1 aliphatic rings. The highest BCUT2D eigenvalue weighted by Gasteiger charge is 2.28. The van der Waals surface area contributed by atoms with E-state index < -0.39 is 0 Å². The fourth-order valence-corrected chi connectivity index (χ4v) is 2.77. The van der Waals surface area contributed by atoms with Gasteiger partial charge < -0.3 is 4.57 Å². The van der Waals surface area contributed by atoms with Crippen LogP contribution in [0.1, 0.15) is 36.0 Å². The molecule has 3 heterocycles.